The van der Waals surface area contributed by atoms with Crippen molar-refractivity contribution >= 4 is 15.9 Å². The zero-order valence-corrected chi connectivity index (χ0v) is 6.72. The van der Waals surface area contributed by atoms with Crippen LogP contribution in [0, 0.1) is 12.3 Å². The predicted octanol–water partition coefficient (Wildman–Crippen LogP) is 2.14. The van der Waals surface area contributed by atoms with Crippen molar-refractivity contribution in [2.24, 2.45) is 0 Å². The molecule has 50 valence electrons. The van der Waals surface area contributed by atoms with Gasteiger partial charge < -0.3 is 5.11 Å². The average molecular weight is 197 g/mol. The van der Waals surface area contributed by atoms with Crippen LogP contribution in [0.5, 0.6) is 5.75 Å². The Hall–Kier alpha value is -0.940. The van der Waals surface area contributed by atoms with Crippen LogP contribution in [0.25, 0.3) is 0 Å². The number of phenols is 1. The van der Waals surface area contributed by atoms with Crippen molar-refractivity contribution in [3.05, 3.63) is 28.2 Å². The number of aromatic hydroxyl groups is 1. The van der Waals surface area contributed by atoms with Crippen molar-refractivity contribution in [2.45, 2.75) is 0 Å². The van der Waals surface area contributed by atoms with Gasteiger partial charge in [-0.3, -0.25) is 0 Å². The molecule has 0 bridgehead atoms. The molecule has 0 aromatic heterocycles. The second kappa shape index (κ2) is 2.76. The molecule has 0 saturated heterocycles. The summed E-state index contributed by atoms with van der Waals surface area (Å²) in [6, 6.07) is 4.98. The molecule has 1 nitrogen and oxygen atoms in total. The Morgan fingerprint density at radius 3 is 2.70 bits per heavy atom. The van der Waals surface area contributed by atoms with Crippen LogP contribution >= 0.6 is 15.9 Å². The summed E-state index contributed by atoms with van der Waals surface area (Å²) in [6.45, 7) is 0. The van der Waals surface area contributed by atoms with Crippen LogP contribution in [-0.4, -0.2) is 5.11 Å². The molecule has 1 aromatic rings. The highest BCUT2D eigenvalue weighted by Gasteiger charge is 1.95. The van der Waals surface area contributed by atoms with Gasteiger partial charge in [-0.05, 0) is 18.2 Å². The molecule has 2 heteroatoms. The number of halogens is 1. The number of terminal acetylenes is 1. The van der Waals surface area contributed by atoms with Crippen LogP contribution in [-0.2, 0) is 0 Å². The first-order chi connectivity index (χ1) is 4.74. The summed E-state index contributed by atoms with van der Waals surface area (Å²) in [5.74, 6) is 2.50. The third kappa shape index (κ3) is 1.31. The van der Waals surface area contributed by atoms with Crippen LogP contribution in [0.3, 0.4) is 0 Å². The molecule has 10 heavy (non-hydrogen) atoms. The summed E-state index contributed by atoms with van der Waals surface area (Å²) in [5.41, 5.74) is 0.509. The van der Waals surface area contributed by atoms with E-state index in [1.807, 2.05) is 0 Å². The van der Waals surface area contributed by atoms with Gasteiger partial charge in [-0.15, -0.1) is 6.42 Å². The van der Waals surface area contributed by atoms with E-state index in [0.29, 0.717) is 5.56 Å². The summed E-state index contributed by atoms with van der Waals surface area (Å²) in [4.78, 5) is 0. The number of hydrogen-bond donors (Lipinski definition) is 1. The summed E-state index contributed by atoms with van der Waals surface area (Å²) in [7, 11) is 0. The maximum Gasteiger partial charge on any atom is 0.131 e. The van der Waals surface area contributed by atoms with Crippen molar-refractivity contribution < 1.29 is 5.11 Å². The van der Waals surface area contributed by atoms with Crippen molar-refractivity contribution in [2.75, 3.05) is 0 Å². The fraction of sp³-hybridized carbons (Fsp3) is 0. The van der Waals surface area contributed by atoms with Gasteiger partial charge in [-0.1, -0.05) is 21.9 Å². The van der Waals surface area contributed by atoms with E-state index in [-0.39, 0.29) is 5.75 Å². The lowest BCUT2D eigenvalue weighted by molar-refractivity contribution is 0.473. The molecule has 1 rings (SSSR count). The molecule has 1 N–H and O–H groups in total. The van der Waals surface area contributed by atoms with Gasteiger partial charge in [0, 0.05) is 4.47 Å². The molecule has 0 amide bonds. The van der Waals surface area contributed by atoms with Gasteiger partial charge in [0.1, 0.15) is 5.75 Å². The highest BCUT2D eigenvalue weighted by Crippen LogP contribution is 2.20. The van der Waals surface area contributed by atoms with Crippen LogP contribution in [0.15, 0.2) is 22.7 Å². The van der Waals surface area contributed by atoms with Crippen molar-refractivity contribution in [1.29, 1.82) is 0 Å². The molecule has 0 radical (unpaired) electrons. The zero-order valence-electron chi connectivity index (χ0n) is 5.13. The van der Waals surface area contributed by atoms with Gasteiger partial charge in [0.05, 0.1) is 5.56 Å². The topological polar surface area (TPSA) is 20.2 Å². The monoisotopic (exact) mass is 196 g/mol. The number of hydrogen-bond acceptors (Lipinski definition) is 1. The lowest BCUT2D eigenvalue weighted by Crippen LogP contribution is -1.74. The summed E-state index contributed by atoms with van der Waals surface area (Å²) in [6.07, 6.45) is 5.09. The molecule has 0 heterocycles. The summed E-state index contributed by atoms with van der Waals surface area (Å²) in [5, 5.41) is 9.07. The Bertz CT molecular complexity index is 286. The minimum Gasteiger partial charge on any atom is -0.507 e. The molecule has 0 aliphatic rings. The molecule has 0 atom stereocenters. The second-order valence-electron chi connectivity index (χ2n) is 1.81. The molecule has 0 saturated carbocycles. The van der Waals surface area contributed by atoms with Gasteiger partial charge in [-0.2, -0.15) is 0 Å². The average Bonchev–Trinajstić information content (AvgIpc) is 1.94. The second-order valence-corrected chi connectivity index (χ2v) is 2.72. The predicted molar refractivity (Wildman–Crippen MR) is 43.7 cm³/mol. The van der Waals surface area contributed by atoms with E-state index in [1.54, 1.807) is 18.2 Å². The fourth-order valence-corrected chi connectivity index (χ4v) is 0.985. The van der Waals surface area contributed by atoms with Gasteiger partial charge >= 0.3 is 0 Å². The Morgan fingerprint density at radius 1 is 1.50 bits per heavy atom. The maximum absolute atomic E-state index is 9.07. The van der Waals surface area contributed by atoms with Crippen molar-refractivity contribution in [3.8, 4) is 18.1 Å². The van der Waals surface area contributed by atoms with E-state index in [0.717, 1.165) is 4.47 Å². The third-order valence-corrected chi connectivity index (χ3v) is 1.61. The van der Waals surface area contributed by atoms with E-state index in [1.165, 1.54) is 0 Å². The SMILES string of the molecule is C#Cc1cc(Br)ccc1O. The molecular weight excluding hydrogens is 192 g/mol. The van der Waals surface area contributed by atoms with Gasteiger partial charge in [0.2, 0.25) is 0 Å². The first-order valence-electron chi connectivity index (χ1n) is 2.69. The van der Waals surface area contributed by atoms with Crippen LogP contribution in [0.2, 0.25) is 0 Å². The first-order valence-corrected chi connectivity index (χ1v) is 3.48. The number of rotatable bonds is 0. The van der Waals surface area contributed by atoms with Gasteiger partial charge in [0.15, 0.2) is 0 Å². The minimum absolute atomic E-state index is 0.144. The Balaban J connectivity index is 3.25. The summed E-state index contributed by atoms with van der Waals surface area (Å²) < 4.78 is 0.873. The van der Waals surface area contributed by atoms with Crippen molar-refractivity contribution in [3.63, 3.8) is 0 Å². The van der Waals surface area contributed by atoms with Gasteiger partial charge in [0.25, 0.3) is 0 Å². The smallest absolute Gasteiger partial charge is 0.131 e. The third-order valence-electron chi connectivity index (χ3n) is 1.11. The lowest BCUT2D eigenvalue weighted by Gasteiger charge is -1.95. The van der Waals surface area contributed by atoms with Crippen LogP contribution < -0.4 is 0 Å². The molecule has 0 unspecified atom stereocenters. The van der Waals surface area contributed by atoms with E-state index in [2.05, 4.69) is 21.9 Å². The normalized spacial score (nSPS) is 8.80. The van der Waals surface area contributed by atoms with E-state index in [9.17, 15) is 0 Å². The standard InChI is InChI=1S/C8H5BrO/c1-2-6-5-7(9)3-4-8(6)10/h1,3-5,10H. The Kier molecular flexibility index (Phi) is 1.98. The Morgan fingerprint density at radius 2 is 2.20 bits per heavy atom. The number of phenolic OH excluding ortho intramolecular Hbond substituents is 1. The number of benzene rings is 1. The molecular formula is C8H5BrO. The molecule has 1 aromatic carbocycles. The van der Waals surface area contributed by atoms with Gasteiger partial charge in [-0.25, -0.2) is 0 Å². The molecule has 0 aliphatic heterocycles. The first kappa shape index (κ1) is 7.17. The molecule has 0 fully saturated rings. The van der Waals surface area contributed by atoms with E-state index >= 15 is 0 Å². The highest BCUT2D eigenvalue weighted by molar-refractivity contribution is 9.10. The molecule has 0 aliphatic carbocycles. The lowest BCUT2D eigenvalue weighted by atomic mass is 10.2. The van der Waals surface area contributed by atoms with Crippen LogP contribution in [0.4, 0.5) is 0 Å². The summed E-state index contributed by atoms with van der Waals surface area (Å²) >= 11 is 3.23. The fourth-order valence-electron chi connectivity index (χ4n) is 0.624. The largest absolute Gasteiger partial charge is 0.507 e. The zero-order chi connectivity index (χ0) is 7.56. The van der Waals surface area contributed by atoms with Crippen LogP contribution in [0.1, 0.15) is 5.56 Å². The highest BCUT2D eigenvalue weighted by atomic mass is 79.9. The minimum atomic E-state index is 0.144. The van der Waals surface area contributed by atoms with Crippen molar-refractivity contribution in [1.82, 2.24) is 0 Å². The quantitative estimate of drug-likeness (QED) is 0.631. The molecule has 0 spiro atoms. The maximum atomic E-state index is 9.07. The van der Waals surface area contributed by atoms with E-state index in [4.69, 9.17) is 11.5 Å². The van der Waals surface area contributed by atoms with E-state index < -0.39 is 0 Å². The Labute approximate surface area is 67.8 Å².